The highest BCUT2D eigenvalue weighted by Crippen LogP contribution is 2.44. The van der Waals surface area contributed by atoms with Crippen LogP contribution in [-0.4, -0.2) is 18.5 Å². The standard InChI is InChI=1S/C24H26ClN3O/c1-15-7-6-8-19(9-15)27-23(29)18(14-26)10-17-11-20-16(2)13-24(3,4)28(5)22(20)12-21(17)25/h6-12,16H,13H2,1-5H3,(H,27,29)/b18-10-/t16-/m0/s1. The first-order chi connectivity index (χ1) is 13.6. The lowest BCUT2D eigenvalue weighted by Crippen LogP contribution is -2.45. The van der Waals surface area contributed by atoms with E-state index in [1.807, 2.05) is 43.3 Å². The molecule has 1 heterocycles. The number of carbonyl (C=O) groups is 1. The summed E-state index contributed by atoms with van der Waals surface area (Å²) in [7, 11) is 2.08. The zero-order chi connectivity index (χ0) is 21.3. The third kappa shape index (κ3) is 4.31. The molecule has 1 amide bonds. The van der Waals surface area contributed by atoms with Gasteiger partial charge in [0.25, 0.3) is 5.91 Å². The van der Waals surface area contributed by atoms with Crippen LogP contribution in [-0.2, 0) is 4.79 Å². The van der Waals surface area contributed by atoms with Gasteiger partial charge < -0.3 is 10.2 Å². The number of nitrogens with zero attached hydrogens (tertiary/aromatic N) is 2. The fraction of sp³-hybridized carbons (Fsp3) is 0.333. The lowest BCUT2D eigenvalue weighted by Gasteiger charge is -2.45. The predicted octanol–water partition coefficient (Wildman–Crippen LogP) is 5.92. The van der Waals surface area contributed by atoms with Gasteiger partial charge in [0, 0.05) is 29.0 Å². The van der Waals surface area contributed by atoms with Crippen LogP contribution in [0.4, 0.5) is 11.4 Å². The quantitative estimate of drug-likeness (QED) is 0.507. The van der Waals surface area contributed by atoms with Crippen molar-refractivity contribution in [3.8, 4) is 6.07 Å². The Kier molecular flexibility index (Phi) is 5.73. The van der Waals surface area contributed by atoms with Crippen molar-refractivity contribution in [2.75, 3.05) is 17.3 Å². The molecule has 0 saturated heterocycles. The minimum absolute atomic E-state index is 0.0190. The van der Waals surface area contributed by atoms with Gasteiger partial charge in [-0.05, 0) is 80.1 Å². The van der Waals surface area contributed by atoms with Crippen molar-refractivity contribution in [2.24, 2.45) is 0 Å². The number of amides is 1. The largest absolute Gasteiger partial charge is 0.369 e. The monoisotopic (exact) mass is 407 g/mol. The summed E-state index contributed by atoms with van der Waals surface area (Å²) in [5.41, 5.74) is 4.71. The van der Waals surface area contributed by atoms with Gasteiger partial charge in [-0.3, -0.25) is 4.79 Å². The lowest BCUT2D eigenvalue weighted by atomic mass is 9.80. The molecule has 0 radical (unpaired) electrons. The van der Waals surface area contributed by atoms with Crippen LogP contribution < -0.4 is 10.2 Å². The summed E-state index contributed by atoms with van der Waals surface area (Å²) in [6.45, 7) is 8.59. The van der Waals surface area contributed by atoms with Gasteiger partial charge in [0.15, 0.2) is 0 Å². The molecule has 0 aliphatic carbocycles. The SMILES string of the molecule is Cc1cccc(NC(=O)/C(C#N)=C\c2cc3c(cc2Cl)N(C)C(C)(C)C[C@@H]3C)c1. The van der Waals surface area contributed by atoms with E-state index < -0.39 is 5.91 Å². The van der Waals surface area contributed by atoms with Crippen LogP contribution in [0.3, 0.4) is 0 Å². The maximum Gasteiger partial charge on any atom is 0.266 e. The molecule has 1 aliphatic heterocycles. The van der Waals surface area contributed by atoms with Crippen molar-refractivity contribution in [1.82, 2.24) is 0 Å². The summed E-state index contributed by atoms with van der Waals surface area (Å²) in [5, 5.41) is 12.9. The average Bonchev–Trinajstić information content (AvgIpc) is 2.64. The van der Waals surface area contributed by atoms with Crippen molar-refractivity contribution in [2.45, 2.75) is 45.6 Å². The molecule has 2 aromatic carbocycles. The van der Waals surface area contributed by atoms with Gasteiger partial charge in [0.1, 0.15) is 11.6 Å². The fourth-order valence-electron chi connectivity index (χ4n) is 3.94. The fourth-order valence-corrected chi connectivity index (χ4v) is 4.15. The molecular weight excluding hydrogens is 382 g/mol. The van der Waals surface area contributed by atoms with Crippen LogP contribution in [0.15, 0.2) is 42.0 Å². The van der Waals surface area contributed by atoms with Crippen molar-refractivity contribution in [1.29, 1.82) is 5.26 Å². The Morgan fingerprint density at radius 3 is 2.72 bits per heavy atom. The van der Waals surface area contributed by atoms with Crippen molar-refractivity contribution >= 4 is 35.0 Å². The molecule has 1 N–H and O–H groups in total. The maximum absolute atomic E-state index is 12.6. The molecule has 0 unspecified atom stereocenters. The second kappa shape index (κ2) is 7.93. The second-order valence-electron chi connectivity index (χ2n) is 8.40. The number of anilines is 2. The van der Waals surface area contributed by atoms with E-state index in [-0.39, 0.29) is 11.1 Å². The van der Waals surface area contributed by atoms with E-state index in [1.165, 1.54) is 5.56 Å². The number of aryl methyl sites for hydroxylation is 1. The van der Waals surface area contributed by atoms with Crippen LogP contribution in [0.25, 0.3) is 6.08 Å². The van der Waals surface area contributed by atoms with Crippen LogP contribution in [0.5, 0.6) is 0 Å². The molecule has 4 nitrogen and oxygen atoms in total. The van der Waals surface area contributed by atoms with E-state index in [2.05, 4.69) is 38.0 Å². The van der Waals surface area contributed by atoms with Gasteiger partial charge in [-0.1, -0.05) is 30.7 Å². The van der Waals surface area contributed by atoms with Crippen LogP contribution in [0.1, 0.15) is 49.8 Å². The summed E-state index contributed by atoms with van der Waals surface area (Å²) in [4.78, 5) is 14.9. The number of halogens is 1. The first-order valence-electron chi connectivity index (χ1n) is 9.69. The summed E-state index contributed by atoms with van der Waals surface area (Å²) >= 11 is 6.54. The minimum atomic E-state index is -0.446. The van der Waals surface area contributed by atoms with Gasteiger partial charge in [0.05, 0.1) is 0 Å². The number of hydrogen-bond donors (Lipinski definition) is 1. The number of nitriles is 1. The first kappa shape index (κ1) is 21.0. The molecule has 3 rings (SSSR count). The molecule has 1 atom stereocenters. The Labute approximate surface area is 177 Å². The van der Waals surface area contributed by atoms with Gasteiger partial charge in [-0.2, -0.15) is 5.26 Å². The second-order valence-corrected chi connectivity index (χ2v) is 8.81. The molecule has 29 heavy (non-hydrogen) atoms. The first-order valence-corrected chi connectivity index (χ1v) is 10.1. The highest BCUT2D eigenvalue weighted by Gasteiger charge is 2.34. The Bertz CT molecular complexity index is 1030. The van der Waals surface area contributed by atoms with Gasteiger partial charge in [-0.15, -0.1) is 0 Å². The zero-order valence-electron chi connectivity index (χ0n) is 17.5. The molecule has 1 aliphatic rings. The number of nitrogens with one attached hydrogen (secondary N) is 1. The molecule has 0 saturated carbocycles. The number of hydrogen-bond acceptors (Lipinski definition) is 3. The van der Waals surface area contributed by atoms with Crippen LogP contribution >= 0.6 is 11.6 Å². The topological polar surface area (TPSA) is 56.1 Å². The van der Waals surface area contributed by atoms with Crippen LogP contribution in [0.2, 0.25) is 5.02 Å². The molecule has 2 aromatic rings. The Balaban J connectivity index is 1.95. The molecular formula is C24H26ClN3O. The van der Waals surface area contributed by atoms with Crippen molar-refractivity contribution in [3.63, 3.8) is 0 Å². The Morgan fingerprint density at radius 2 is 2.07 bits per heavy atom. The molecule has 150 valence electrons. The number of carbonyl (C=O) groups excluding carboxylic acids is 1. The normalized spacial score (nSPS) is 18.0. The van der Waals surface area contributed by atoms with E-state index in [0.29, 0.717) is 22.2 Å². The van der Waals surface area contributed by atoms with Crippen molar-refractivity contribution < 1.29 is 4.79 Å². The number of fused-ring (bicyclic) bond motifs is 1. The molecule has 0 spiro atoms. The van der Waals surface area contributed by atoms with E-state index in [4.69, 9.17) is 11.6 Å². The van der Waals surface area contributed by atoms with Gasteiger partial charge >= 0.3 is 0 Å². The third-order valence-electron chi connectivity index (χ3n) is 5.69. The summed E-state index contributed by atoms with van der Waals surface area (Å²) in [6, 6.07) is 13.4. The van der Waals surface area contributed by atoms with E-state index in [1.54, 1.807) is 12.1 Å². The molecule has 0 bridgehead atoms. The van der Waals surface area contributed by atoms with Crippen LogP contribution in [0, 0.1) is 18.3 Å². The summed E-state index contributed by atoms with van der Waals surface area (Å²) < 4.78 is 0. The molecule has 5 heteroatoms. The average molecular weight is 408 g/mol. The Hall–Kier alpha value is -2.77. The predicted molar refractivity (Wildman–Crippen MR) is 120 cm³/mol. The van der Waals surface area contributed by atoms with Crippen molar-refractivity contribution in [3.05, 3.63) is 63.7 Å². The number of benzene rings is 2. The minimum Gasteiger partial charge on any atom is -0.369 e. The van der Waals surface area contributed by atoms with E-state index in [9.17, 15) is 10.1 Å². The molecule has 0 fully saturated rings. The molecule has 0 aromatic heterocycles. The van der Waals surface area contributed by atoms with E-state index in [0.717, 1.165) is 17.7 Å². The number of rotatable bonds is 3. The summed E-state index contributed by atoms with van der Waals surface area (Å²) in [5.74, 6) is -0.0922. The summed E-state index contributed by atoms with van der Waals surface area (Å²) in [6.07, 6.45) is 2.58. The van der Waals surface area contributed by atoms with Gasteiger partial charge in [-0.25, -0.2) is 0 Å². The zero-order valence-corrected chi connectivity index (χ0v) is 18.3. The third-order valence-corrected chi connectivity index (χ3v) is 6.02. The lowest BCUT2D eigenvalue weighted by molar-refractivity contribution is -0.112. The maximum atomic E-state index is 12.6. The van der Waals surface area contributed by atoms with Gasteiger partial charge in [0.2, 0.25) is 0 Å². The highest BCUT2D eigenvalue weighted by atomic mass is 35.5. The van der Waals surface area contributed by atoms with E-state index >= 15 is 0 Å². The smallest absolute Gasteiger partial charge is 0.266 e. The highest BCUT2D eigenvalue weighted by molar-refractivity contribution is 6.32. The Morgan fingerprint density at radius 1 is 1.34 bits per heavy atom.